The van der Waals surface area contributed by atoms with Crippen LogP contribution in [-0.4, -0.2) is 16.1 Å². The highest BCUT2D eigenvalue weighted by atomic mass is 32.1. The second kappa shape index (κ2) is 6.43. The van der Waals surface area contributed by atoms with E-state index in [1.807, 2.05) is 13.8 Å². The third-order valence-electron chi connectivity index (χ3n) is 2.80. The van der Waals surface area contributed by atoms with Gasteiger partial charge in [0.1, 0.15) is 5.01 Å². The van der Waals surface area contributed by atoms with E-state index >= 15 is 0 Å². The molecular formula is C14H14F3N3OS. The molecule has 1 amide bonds. The minimum absolute atomic E-state index is 0.152. The molecule has 1 aromatic heterocycles. The molecule has 0 unspecified atom stereocenters. The van der Waals surface area contributed by atoms with Crippen LogP contribution >= 0.6 is 11.3 Å². The maximum atomic E-state index is 12.6. The van der Waals surface area contributed by atoms with Gasteiger partial charge in [0.05, 0.1) is 12.0 Å². The zero-order chi connectivity index (χ0) is 16.3. The third kappa shape index (κ3) is 4.27. The van der Waals surface area contributed by atoms with Gasteiger partial charge in [0.25, 0.3) is 0 Å². The zero-order valence-electron chi connectivity index (χ0n) is 11.9. The van der Waals surface area contributed by atoms with Crippen molar-refractivity contribution in [3.05, 3.63) is 40.4 Å². The molecule has 0 aliphatic heterocycles. The quantitative estimate of drug-likeness (QED) is 0.926. The van der Waals surface area contributed by atoms with Gasteiger partial charge in [0, 0.05) is 5.92 Å². The minimum atomic E-state index is -4.42. The summed E-state index contributed by atoms with van der Waals surface area (Å²) >= 11 is 1.25. The van der Waals surface area contributed by atoms with Crippen LogP contribution in [-0.2, 0) is 17.4 Å². The number of carbonyl (C=O) groups is 1. The number of benzene rings is 1. The van der Waals surface area contributed by atoms with Gasteiger partial charge in [-0.25, -0.2) is 0 Å². The second-order valence-electron chi connectivity index (χ2n) is 5.02. The molecule has 4 nitrogen and oxygen atoms in total. The molecule has 0 saturated carbocycles. The summed E-state index contributed by atoms with van der Waals surface area (Å²) in [5, 5.41) is 11.4. The van der Waals surface area contributed by atoms with Gasteiger partial charge in [-0.2, -0.15) is 13.2 Å². The topological polar surface area (TPSA) is 54.9 Å². The summed E-state index contributed by atoms with van der Waals surface area (Å²) in [5.74, 6) is -0.225. The summed E-state index contributed by atoms with van der Waals surface area (Å²) in [6.07, 6.45) is -4.57. The molecule has 0 saturated heterocycles. The molecule has 1 N–H and O–H groups in total. The molecule has 0 bridgehead atoms. The number of halogens is 3. The monoisotopic (exact) mass is 329 g/mol. The lowest BCUT2D eigenvalue weighted by Crippen LogP contribution is -2.15. The third-order valence-corrected chi connectivity index (χ3v) is 3.94. The number of carbonyl (C=O) groups excluding carboxylic acids is 1. The molecule has 0 aliphatic rings. The van der Waals surface area contributed by atoms with Crippen molar-refractivity contribution in [1.82, 2.24) is 10.2 Å². The van der Waals surface area contributed by atoms with Gasteiger partial charge in [-0.1, -0.05) is 43.4 Å². The Morgan fingerprint density at radius 3 is 2.64 bits per heavy atom. The van der Waals surface area contributed by atoms with Crippen molar-refractivity contribution >= 4 is 22.4 Å². The Kier molecular flexibility index (Phi) is 4.80. The molecule has 1 aromatic carbocycles. The maximum Gasteiger partial charge on any atom is 0.416 e. The van der Waals surface area contributed by atoms with Crippen LogP contribution in [0.1, 0.15) is 35.9 Å². The van der Waals surface area contributed by atoms with Crippen LogP contribution in [0.5, 0.6) is 0 Å². The second-order valence-corrected chi connectivity index (χ2v) is 6.03. The highest BCUT2D eigenvalue weighted by Crippen LogP contribution is 2.29. The van der Waals surface area contributed by atoms with Crippen molar-refractivity contribution < 1.29 is 18.0 Å². The average molecular weight is 329 g/mol. The van der Waals surface area contributed by atoms with Gasteiger partial charge >= 0.3 is 6.18 Å². The first-order valence-corrected chi connectivity index (χ1v) is 7.36. The van der Waals surface area contributed by atoms with Crippen LogP contribution in [0.2, 0.25) is 0 Å². The van der Waals surface area contributed by atoms with Crippen molar-refractivity contribution in [2.24, 2.45) is 0 Å². The lowest BCUT2D eigenvalue weighted by Gasteiger charge is -2.08. The van der Waals surface area contributed by atoms with E-state index in [-0.39, 0.29) is 12.3 Å². The molecule has 0 fully saturated rings. The van der Waals surface area contributed by atoms with Crippen molar-refractivity contribution in [2.75, 3.05) is 5.32 Å². The molecule has 2 aromatic rings. The summed E-state index contributed by atoms with van der Waals surface area (Å²) in [6, 6.07) is 4.71. The standard InChI is InChI=1S/C14H14F3N3OS/c1-8(2)12-19-20-13(22-12)18-11(21)7-9-4-3-5-10(6-9)14(15,16)17/h3-6,8H,7H2,1-2H3,(H,18,20,21). The van der Waals surface area contributed by atoms with Crippen LogP contribution in [0.3, 0.4) is 0 Å². The van der Waals surface area contributed by atoms with Gasteiger partial charge in [0.2, 0.25) is 11.0 Å². The Bertz CT molecular complexity index is 667. The summed E-state index contributed by atoms with van der Waals surface area (Å²) < 4.78 is 37.8. The number of aromatic nitrogens is 2. The Morgan fingerprint density at radius 1 is 1.32 bits per heavy atom. The SMILES string of the molecule is CC(C)c1nnc(NC(=O)Cc2cccc(C(F)(F)F)c2)s1. The number of nitrogens with one attached hydrogen (secondary N) is 1. The fraction of sp³-hybridized carbons (Fsp3) is 0.357. The van der Waals surface area contributed by atoms with Gasteiger partial charge < -0.3 is 5.32 Å². The number of alkyl halides is 3. The predicted octanol–water partition coefficient (Wildman–Crippen LogP) is 3.86. The van der Waals surface area contributed by atoms with E-state index in [9.17, 15) is 18.0 Å². The number of hydrogen-bond donors (Lipinski definition) is 1. The fourth-order valence-corrected chi connectivity index (χ4v) is 2.49. The summed E-state index contributed by atoms with van der Waals surface area (Å²) in [5.41, 5.74) is -0.475. The van der Waals surface area contributed by atoms with Gasteiger partial charge in [0.15, 0.2) is 0 Å². The highest BCUT2D eigenvalue weighted by molar-refractivity contribution is 7.15. The first-order chi connectivity index (χ1) is 10.3. The molecule has 0 aliphatic carbocycles. The van der Waals surface area contributed by atoms with Crippen LogP contribution in [0.4, 0.5) is 18.3 Å². The first kappa shape index (κ1) is 16.4. The molecule has 118 valence electrons. The zero-order valence-corrected chi connectivity index (χ0v) is 12.8. The van der Waals surface area contributed by atoms with E-state index in [0.717, 1.165) is 17.1 Å². The summed E-state index contributed by atoms with van der Waals surface area (Å²) in [6.45, 7) is 3.91. The number of anilines is 1. The Morgan fingerprint density at radius 2 is 2.05 bits per heavy atom. The van der Waals surface area contributed by atoms with Crippen molar-refractivity contribution in [2.45, 2.75) is 32.4 Å². The van der Waals surface area contributed by atoms with Crippen molar-refractivity contribution in [3.8, 4) is 0 Å². The number of amides is 1. The Hall–Kier alpha value is -1.96. The lowest BCUT2D eigenvalue weighted by atomic mass is 10.1. The van der Waals surface area contributed by atoms with E-state index < -0.39 is 17.6 Å². The summed E-state index contributed by atoms with van der Waals surface area (Å²) in [4.78, 5) is 11.9. The van der Waals surface area contributed by atoms with E-state index in [1.54, 1.807) is 0 Å². The normalized spacial score (nSPS) is 11.7. The first-order valence-electron chi connectivity index (χ1n) is 6.55. The maximum absolute atomic E-state index is 12.6. The van der Waals surface area contributed by atoms with Gasteiger partial charge in [-0.15, -0.1) is 10.2 Å². The number of rotatable bonds is 4. The molecule has 2 rings (SSSR count). The molecule has 0 radical (unpaired) electrons. The number of hydrogen-bond acceptors (Lipinski definition) is 4. The van der Waals surface area contributed by atoms with E-state index in [2.05, 4.69) is 15.5 Å². The smallest absolute Gasteiger partial charge is 0.300 e. The van der Waals surface area contributed by atoms with Crippen LogP contribution in [0, 0.1) is 0 Å². The number of nitrogens with zero attached hydrogens (tertiary/aromatic N) is 2. The minimum Gasteiger partial charge on any atom is -0.300 e. The van der Waals surface area contributed by atoms with E-state index in [0.29, 0.717) is 10.7 Å². The molecular weight excluding hydrogens is 315 g/mol. The largest absolute Gasteiger partial charge is 0.416 e. The van der Waals surface area contributed by atoms with Crippen molar-refractivity contribution in [1.29, 1.82) is 0 Å². The predicted molar refractivity (Wildman–Crippen MR) is 77.8 cm³/mol. The average Bonchev–Trinajstić information content (AvgIpc) is 2.86. The van der Waals surface area contributed by atoms with Crippen LogP contribution in [0.25, 0.3) is 0 Å². The molecule has 0 spiro atoms. The molecule has 8 heteroatoms. The van der Waals surface area contributed by atoms with Crippen LogP contribution < -0.4 is 5.32 Å². The summed E-state index contributed by atoms with van der Waals surface area (Å²) in [7, 11) is 0. The van der Waals surface area contributed by atoms with Crippen LogP contribution in [0.15, 0.2) is 24.3 Å². The fourth-order valence-electron chi connectivity index (χ4n) is 1.72. The lowest BCUT2D eigenvalue weighted by molar-refractivity contribution is -0.137. The molecule has 22 heavy (non-hydrogen) atoms. The van der Waals surface area contributed by atoms with E-state index in [4.69, 9.17) is 0 Å². The van der Waals surface area contributed by atoms with Gasteiger partial charge in [-0.05, 0) is 11.6 Å². The Balaban J connectivity index is 2.02. The van der Waals surface area contributed by atoms with Crippen molar-refractivity contribution in [3.63, 3.8) is 0 Å². The van der Waals surface area contributed by atoms with E-state index in [1.165, 1.54) is 23.5 Å². The molecule has 1 heterocycles. The molecule has 0 atom stereocenters. The highest BCUT2D eigenvalue weighted by Gasteiger charge is 2.30. The Labute approximate surface area is 129 Å². The van der Waals surface area contributed by atoms with Gasteiger partial charge in [-0.3, -0.25) is 4.79 Å².